The predicted molar refractivity (Wildman–Crippen MR) is 83.7 cm³/mol. The van der Waals surface area contributed by atoms with E-state index in [0.29, 0.717) is 16.3 Å². The van der Waals surface area contributed by atoms with Crippen LogP contribution in [0.15, 0.2) is 39.7 Å². The Bertz CT molecular complexity index is 663. The molecule has 104 valence electrons. The zero-order valence-corrected chi connectivity index (χ0v) is 13.1. The Morgan fingerprint density at radius 2 is 2.15 bits per heavy atom. The van der Waals surface area contributed by atoms with Gasteiger partial charge in [-0.05, 0) is 35.9 Å². The van der Waals surface area contributed by atoms with Gasteiger partial charge in [-0.2, -0.15) is 0 Å². The standard InChI is InChI=1S/C15H13BrFNOS/c16-11-5-9-3-4-19-15(9)10(6-11)8-20-14-2-1-12(18)7-13(14)17/h1-2,5-7H,3-4,8,18H2. The molecule has 0 amide bonds. The van der Waals surface area contributed by atoms with Crippen LogP contribution in [0.1, 0.15) is 11.1 Å². The summed E-state index contributed by atoms with van der Waals surface area (Å²) >= 11 is 4.96. The first-order valence-corrected chi connectivity index (χ1v) is 8.03. The molecule has 0 aromatic heterocycles. The minimum Gasteiger partial charge on any atom is -0.493 e. The number of thioether (sulfide) groups is 1. The topological polar surface area (TPSA) is 35.2 Å². The molecule has 2 N–H and O–H groups in total. The molecule has 1 heterocycles. The Hall–Kier alpha value is -1.20. The highest BCUT2D eigenvalue weighted by Gasteiger charge is 2.17. The Balaban J connectivity index is 1.82. The Morgan fingerprint density at radius 3 is 2.95 bits per heavy atom. The molecule has 0 aliphatic carbocycles. The van der Waals surface area contributed by atoms with Gasteiger partial charge in [0.05, 0.1) is 6.61 Å². The molecule has 20 heavy (non-hydrogen) atoms. The van der Waals surface area contributed by atoms with Crippen molar-refractivity contribution >= 4 is 33.4 Å². The molecule has 0 atom stereocenters. The van der Waals surface area contributed by atoms with Gasteiger partial charge in [-0.25, -0.2) is 4.39 Å². The van der Waals surface area contributed by atoms with Crippen molar-refractivity contribution in [3.8, 4) is 5.75 Å². The summed E-state index contributed by atoms with van der Waals surface area (Å²) in [4.78, 5) is 0.603. The lowest BCUT2D eigenvalue weighted by atomic mass is 10.1. The predicted octanol–water partition coefficient (Wildman–Crippen LogP) is 4.40. The summed E-state index contributed by atoms with van der Waals surface area (Å²) in [5.74, 6) is 1.35. The van der Waals surface area contributed by atoms with Gasteiger partial charge in [0, 0.05) is 32.8 Å². The average molecular weight is 354 g/mol. The number of hydrogen-bond donors (Lipinski definition) is 1. The van der Waals surface area contributed by atoms with Gasteiger partial charge in [-0.3, -0.25) is 0 Å². The van der Waals surface area contributed by atoms with Gasteiger partial charge in [0.2, 0.25) is 0 Å². The maximum absolute atomic E-state index is 13.8. The zero-order chi connectivity index (χ0) is 14.1. The molecule has 2 nitrogen and oxygen atoms in total. The fourth-order valence-corrected chi connectivity index (χ4v) is 3.68. The number of nitrogens with two attached hydrogens (primary N) is 1. The lowest BCUT2D eigenvalue weighted by Gasteiger charge is -2.09. The molecule has 0 saturated carbocycles. The summed E-state index contributed by atoms with van der Waals surface area (Å²) < 4.78 is 20.5. The van der Waals surface area contributed by atoms with E-state index in [0.717, 1.165) is 28.8 Å². The smallest absolute Gasteiger partial charge is 0.138 e. The van der Waals surface area contributed by atoms with E-state index < -0.39 is 0 Å². The van der Waals surface area contributed by atoms with Crippen molar-refractivity contribution in [2.75, 3.05) is 12.3 Å². The van der Waals surface area contributed by atoms with Crippen LogP contribution in [0.3, 0.4) is 0 Å². The van der Waals surface area contributed by atoms with Crippen LogP contribution in [0, 0.1) is 5.82 Å². The Morgan fingerprint density at radius 1 is 1.30 bits per heavy atom. The first-order chi connectivity index (χ1) is 9.63. The number of ether oxygens (including phenoxy) is 1. The number of halogens is 2. The van der Waals surface area contributed by atoms with Gasteiger partial charge in [-0.15, -0.1) is 11.8 Å². The molecule has 1 aliphatic rings. The summed E-state index contributed by atoms with van der Waals surface area (Å²) in [7, 11) is 0. The second-order valence-corrected chi connectivity index (χ2v) is 6.56. The molecule has 0 saturated heterocycles. The first-order valence-electron chi connectivity index (χ1n) is 6.25. The molecule has 0 spiro atoms. The molecule has 0 bridgehead atoms. The molecular weight excluding hydrogens is 341 g/mol. The molecule has 0 radical (unpaired) electrons. The third-order valence-electron chi connectivity index (χ3n) is 3.16. The van der Waals surface area contributed by atoms with Crippen molar-refractivity contribution in [2.45, 2.75) is 17.1 Å². The molecule has 2 aromatic rings. The summed E-state index contributed by atoms with van der Waals surface area (Å²) in [6.07, 6.45) is 0.933. The van der Waals surface area contributed by atoms with Crippen LogP contribution in [0.5, 0.6) is 5.75 Å². The van der Waals surface area contributed by atoms with E-state index >= 15 is 0 Å². The summed E-state index contributed by atoms with van der Waals surface area (Å²) in [6, 6.07) is 8.90. The van der Waals surface area contributed by atoms with Crippen LogP contribution in [-0.4, -0.2) is 6.61 Å². The van der Waals surface area contributed by atoms with E-state index in [1.165, 1.54) is 23.4 Å². The number of benzene rings is 2. The van der Waals surface area contributed by atoms with E-state index in [9.17, 15) is 4.39 Å². The van der Waals surface area contributed by atoms with E-state index in [1.807, 2.05) is 6.07 Å². The second-order valence-electron chi connectivity index (χ2n) is 4.63. The number of fused-ring (bicyclic) bond motifs is 1. The zero-order valence-electron chi connectivity index (χ0n) is 10.7. The van der Waals surface area contributed by atoms with Gasteiger partial charge in [-0.1, -0.05) is 15.9 Å². The SMILES string of the molecule is Nc1ccc(SCc2cc(Br)cc3c2OCC3)c(F)c1. The van der Waals surface area contributed by atoms with Gasteiger partial charge < -0.3 is 10.5 Å². The third-order valence-corrected chi connectivity index (χ3v) is 4.72. The van der Waals surface area contributed by atoms with Crippen LogP contribution in [0.4, 0.5) is 10.1 Å². The van der Waals surface area contributed by atoms with Crippen LogP contribution >= 0.6 is 27.7 Å². The lowest BCUT2D eigenvalue weighted by Crippen LogP contribution is -1.92. The molecular formula is C15H13BrFNOS. The molecule has 1 aliphatic heterocycles. The molecule has 5 heteroatoms. The van der Waals surface area contributed by atoms with Crippen molar-refractivity contribution in [3.05, 3.63) is 51.7 Å². The van der Waals surface area contributed by atoms with Crippen molar-refractivity contribution in [3.63, 3.8) is 0 Å². The van der Waals surface area contributed by atoms with Crippen molar-refractivity contribution in [1.82, 2.24) is 0 Å². The van der Waals surface area contributed by atoms with Gasteiger partial charge >= 0.3 is 0 Å². The van der Waals surface area contributed by atoms with Crippen molar-refractivity contribution < 1.29 is 9.13 Å². The van der Waals surface area contributed by atoms with Crippen LogP contribution in [0.2, 0.25) is 0 Å². The normalized spacial score (nSPS) is 13.1. The summed E-state index contributed by atoms with van der Waals surface area (Å²) in [5.41, 5.74) is 8.30. The average Bonchev–Trinajstić information content (AvgIpc) is 2.85. The molecule has 2 aromatic carbocycles. The van der Waals surface area contributed by atoms with E-state index in [1.54, 1.807) is 12.1 Å². The molecule has 0 unspecified atom stereocenters. The van der Waals surface area contributed by atoms with E-state index in [4.69, 9.17) is 10.5 Å². The maximum Gasteiger partial charge on any atom is 0.138 e. The highest BCUT2D eigenvalue weighted by atomic mass is 79.9. The number of nitrogen functional groups attached to an aromatic ring is 1. The monoisotopic (exact) mass is 353 g/mol. The number of anilines is 1. The summed E-state index contributed by atoms with van der Waals surface area (Å²) in [5, 5.41) is 0. The fraction of sp³-hybridized carbons (Fsp3) is 0.200. The minimum absolute atomic E-state index is 0.275. The van der Waals surface area contributed by atoms with Crippen LogP contribution < -0.4 is 10.5 Å². The first kappa shape index (κ1) is 13.8. The second kappa shape index (κ2) is 5.66. The van der Waals surface area contributed by atoms with Crippen molar-refractivity contribution in [2.24, 2.45) is 0 Å². The number of rotatable bonds is 3. The van der Waals surface area contributed by atoms with Crippen LogP contribution in [-0.2, 0) is 12.2 Å². The van der Waals surface area contributed by atoms with Gasteiger partial charge in [0.15, 0.2) is 0 Å². The number of hydrogen-bond acceptors (Lipinski definition) is 3. The summed E-state index contributed by atoms with van der Waals surface area (Å²) in [6.45, 7) is 0.722. The highest BCUT2D eigenvalue weighted by molar-refractivity contribution is 9.10. The van der Waals surface area contributed by atoms with Crippen LogP contribution in [0.25, 0.3) is 0 Å². The Kier molecular flexibility index (Phi) is 3.89. The van der Waals surface area contributed by atoms with E-state index in [2.05, 4.69) is 22.0 Å². The van der Waals surface area contributed by atoms with Gasteiger partial charge in [0.25, 0.3) is 0 Å². The molecule has 0 fully saturated rings. The van der Waals surface area contributed by atoms with Gasteiger partial charge in [0.1, 0.15) is 11.6 Å². The van der Waals surface area contributed by atoms with E-state index in [-0.39, 0.29) is 5.82 Å². The molecule has 3 rings (SSSR count). The highest BCUT2D eigenvalue weighted by Crippen LogP contribution is 2.37. The quantitative estimate of drug-likeness (QED) is 0.656. The van der Waals surface area contributed by atoms with Crippen molar-refractivity contribution in [1.29, 1.82) is 0 Å². The third kappa shape index (κ3) is 2.79. The lowest BCUT2D eigenvalue weighted by molar-refractivity contribution is 0.354. The Labute approximate surface area is 129 Å². The fourth-order valence-electron chi connectivity index (χ4n) is 2.24. The minimum atomic E-state index is -0.275. The largest absolute Gasteiger partial charge is 0.493 e. The maximum atomic E-state index is 13.8.